The van der Waals surface area contributed by atoms with E-state index in [1.54, 1.807) is 6.07 Å². The largest absolute Gasteiger partial charge is 0.480 e. The van der Waals surface area contributed by atoms with Crippen LogP contribution in [0.1, 0.15) is 5.56 Å². The Morgan fingerprint density at radius 1 is 1.61 bits per heavy atom. The van der Waals surface area contributed by atoms with Gasteiger partial charge in [0.2, 0.25) is 0 Å². The summed E-state index contributed by atoms with van der Waals surface area (Å²) in [5, 5.41) is 9.79. The zero-order valence-corrected chi connectivity index (χ0v) is 11.9. The lowest BCUT2D eigenvalue weighted by Gasteiger charge is -2.32. The molecule has 2 rings (SSSR count). The van der Waals surface area contributed by atoms with Gasteiger partial charge in [-0.2, -0.15) is 0 Å². The lowest BCUT2D eigenvalue weighted by atomic mass is 10.1. The molecule has 1 aromatic rings. The number of benzene rings is 1. The molecule has 1 aliphatic rings. The molecule has 18 heavy (non-hydrogen) atoms. The molecule has 0 radical (unpaired) electrons. The number of carboxylic acids is 1. The van der Waals surface area contributed by atoms with Gasteiger partial charge < -0.3 is 9.84 Å². The second kappa shape index (κ2) is 6.02. The quantitative estimate of drug-likeness (QED) is 0.922. The average molecular weight is 335 g/mol. The van der Waals surface area contributed by atoms with E-state index in [2.05, 4.69) is 15.9 Å². The Labute approximate surface area is 119 Å². The van der Waals surface area contributed by atoms with Crippen molar-refractivity contribution in [1.29, 1.82) is 0 Å². The Morgan fingerprint density at radius 3 is 3.11 bits per heavy atom. The highest BCUT2D eigenvalue weighted by Gasteiger charge is 2.29. The first-order valence-corrected chi connectivity index (χ1v) is 6.73. The van der Waals surface area contributed by atoms with E-state index < -0.39 is 12.0 Å². The van der Waals surface area contributed by atoms with Gasteiger partial charge >= 0.3 is 5.97 Å². The fourth-order valence-corrected chi connectivity index (χ4v) is 2.52. The molecule has 1 N–H and O–H groups in total. The third-order valence-electron chi connectivity index (χ3n) is 2.91. The summed E-state index contributed by atoms with van der Waals surface area (Å²) in [4.78, 5) is 13.0. The fourth-order valence-electron chi connectivity index (χ4n) is 1.94. The third kappa shape index (κ3) is 3.23. The van der Waals surface area contributed by atoms with Crippen LogP contribution >= 0.6 is 27.5 Å². The number of morpholine rings is 1. The van der Waals surface area contributed by atoms with E-state index in [0.717, 1.165) is 10.0 Å². The minimum absolute atomic E-state index is 0.223. The molecular weight excluding hydrogens is 321 g/mol. The molecule has 0 amide bonds. The first kappa shape index (κ1) is 13.8. The smallest absolute Gasteiger partial charge is 0.323 e. The Bertz CT molecular complexity index is 455. The van der Waals surface area contributed by atoms with E-state index >= 15 is 0 Å². The maximum atomic E-state index is 11.1. The van der Waals surface area contributed by atoms with Gasteiger partial charge in [-0.25, -0.2) is 0 Å². The first-order valence-electron chi connectivity index (χ1n) is 5.56. The van der Waals surface area contributed by atoms with Crippen molar-refractivity contribution >= 4 is 33.5 Å². The van der Waals surface area contributed by atoms with Gasteiger partial charge in [-0.3, -0.25) is 9.69 Å². The van der Waals surface area contributed by atoms with E-state index in [4.69, 9.17) is 21.4 Å². The van der Waals surface area contributed by atoms with Crippen molar-refractivity contribution in [3.05, 3.63) is 33.3 Å². The molecule has 1 saturated heterocycles. The number of hydrogen-bond donors (Lipinski definition) is 1. The van der Waals surface area contributed by atoms with Crippen LogP contribution in [0.3, 0.4) is 0 Å². The lowest BCUT2D eigenvalue weighted by molar-refractivity contribution is -0.150. The molecule has 1 heterocycles. The van der Waals surface area contributed by atoms with Crippen LogP contribution in [0, 0.1) is 0 Å². The third-order valence-corrected chi connectivity index (χ3v) is 3.77. The summed E-state index contributed by atoms with van der Waals surface area (Å²) in [6.45, 7) is 1.88. The van der Waals surface area contributed by atoms with Crippen LogP contribution < -0.4 is 0 Å². The molecule has 4 nitrogen and oxygen atoms in total. The number of rotatable bonds is 3. The van der Waals surface area contributed by atoms with Gasteiger partial charge in [0.15, 0.2) is 0 Å². The molecule has 0 aromatic heterocycles. The SMILES string of the molecule is O=C(O)C1COCCN1Cc1cc(Br)ccc1Cl. The molecule has 1 aliphatic heterocycles. The normalized spacial score (nSPS) is 20.9. The van der Waals surface area contributed by atoms with Crippen molar-refractivity contribution in [2.75, 3.05) is 19.8 Å². The van der Waals surface area contributed by atoms with Crippen molar-refractivity contribution in [1.82, 2.24) is 4.90 Å². The molecule has 1 atom stereocenters. The number of carboxylic acid groups (broad SMARTS) is 1. The summed E-state index contributed by atoms with van der Waals surface area (Å²) in [5.74, 6) is -0.860. The first-order chi connectivity index (χ1) is 8.58. The predicted octanol–water partition coefficient (Wildman–Crippen LogP) is 2.39. The number of halogens is 2. The van der Waals surface area contributed by atoms with Gasteiger partial charge in [0.1, 0.15) is 6.04 Å². The minimum Gasteiger partial charge on any atom is -0.480 e. The highest BCUT2D eigenvalue weighted by Crippen LogP contribution is 2.23. The zero-order valence-electron chi connectivity index (χ0n) is 9.60. The van der Waals surface area contributed by atoms with Gasteiger partial charge in [0.25, 0.3) is 0 Å². The number of aliphatic carboxylic acids is 1. The average Bonchev–Trinajstić information content (AvgIpc) is 2.34. The Kier molecular flexibility index (Phi) is 4.61. The summed E-state index contributed by atoms with van der Waals surface area (Å²) in [6, 6.07) is 4.97. The Hall–Kier alpha value is -0.620. The van der Waals surface area contributed by atoms with Crippen molar-refractivity contribution in [3.63, 3.8) is 0 Å². The Morgan fingerprint density at radius 2 is 2.39 bits per heavy atom. The van der Waals surface area contributed by atoms with Crippen LogP contribution in [0.15, 0.2) is 22.7 Å². The highest BCUT2D eigenvalue weighted by molar-refractivity contribution is 9.10. The molecule has 1 aromatic carbocycles. The van der Waals surface area contributed by atoms with E-state index in [9.17, 15) is 4.79 Å². The van der Waals surface area contributed by atoms with Gasteiger partial charge in [-0.1, -0.05) is 27.5 Å². The van der Waals surface area contributed by atoms with Crippen LogP contribution in [0.4, 0.5) is 0 Å². The molecule has 1 fully saturated rings. The van der Waals surface area contributed by atoms with Crippen molar-refractivity contribution in [3.8, 4) is 0 Å². The summed E-state index contributed by atoms with van der Waals surface area (Å²) in [7, 11) is 0. The molecule has 0 bridgehead atoms. The minimum atomic E-state index is -0.860. The molecule has 6 heteroatoms. The van der Waals surface area contributed by atoms with E-state index in [1.165, 1.54) is 0 Å². The fraction of sp³-hybridized carbons (Fsp3) is 0.417. The second-order valence-electron chi connectivity index (χ2n) is 4.14. The van der Waals surface area contributed by atoms with Crippen LogP contribution in [0.5, 0.6) is 0 Å². The molecule has 1 unspecified atom stereocenters. The Balaban J connectivity index is 2.15. The van der Waals surface area contributed by atoms with Crippen LogP contribution in [-0.2, 0) is 16.1 Å². The number of hydrogen-bond acceptors (Lipinski definition) is 3. The standard InChI is InChI=1S/C12H13BrClNO3/c13-9-1-2-10(14)8(5-9)6-15-3-4-18-7-11(15)12(16)17/h1-2,5,11H,3-4,6-7H2,(H,16,17). The van der Waals surface area contributed by atoms with Crippen molar-refractivity contribution < 1.29 is 14.6 Å². The number of carbonyl (C=O) groups is 1. The van der Waals surface area contributed by atoms with Crippen LogP contribution in [-0.4, -0.2) is 41.8 Å². The molecule has 0 saturated carbocycles. The molecule has 0 spiro atoms. The maximum Gasteiger partial charge on any atom is 0.323 e. The zero-order chi connectivity index (χ0) is 13.1. The monoisotopic (exact) mass is 333 g/mol. The molecule has 0 aliphatic carbocycles. The van der Waals surface area contributed by atoms with Gasteiger partial charge in [0.05, 0.1) is 13.2 Å². The molecular formula is C12H13BrClNO3. The predicted molar refractivity (Wildman–Crippen MR) is 71.8 cm³/mol. The van der Waals surface area contributed by atoms with E-state index in [-0.39, 0.29) is 6.61 Å². The summed E-state index contributed by atoms with van der Waals surface area (Å²) >= 11 is 9.50. The highest BCUT2D eigenvalue weighted by atomic mass is 79.9. The van der Waals surface area contributed by atoms with Crippen molar-refractivity contribution in [2.45, 2.75) is 12.6 Å². The summed E-state index contributed by atoms with van der Waals surface area (Å²) < 4.78 is 6.13. The van der Waals surface area contributed by atoms with Gasteiger partial charge in [-0.05, 0) is 23.8 Å². The van der Waals surface area contributed by atoms with E-state index in [1.807, 2.05) is 17.0 Å². The summed E-state index contributed by atoms with van der Waals surface area (Å²) in [6.07, 6.45) is 0. The van der Waals surface area contributed by atoms with Crippen LogP contribution in [0.2, 0.25) is 5.02 Å². The van der Waals surface area contributed by atoms with Crippen molar-refractivity contribution in [2.24, 2.45) is 0 Å². The van der Waals surface area contributed by atoms with Crippen LogP contribution in [0.25, 0.3) is 0 Å². The maximum absolute atomic E-state index is 11.1. The topological polar surface area (TPSA) is 49.8 Å². The summed E-state index contributed by atoms with van der Waals surface area (Å²) in [5.41, 5.74) is 0.916. The number of ether oxygens (including phenoxy) is 1. The van der Waals surface area contributed by atoms with Gasteiger partial charge in [0, 0.05) is 22.6 Å². The molecule has 98 valence electrons. The number of nitrogens with zero attached hydrogens (tertiary/aromatic N) is 1. The van der Waals surface area contributed by atoms with E-state index in [0.29, 0.717) is 24.7 Å². The lowest BCUT2D eigenvalue weighted by Crippen LogP contribution is -2.49. The second-order valence-corrected chi connectivity index (χ2v) is 5.46. The van der Waals surface area contributed by atoms with Gasteiger partial charge in [-0.15, -0.1) is 0 Å².